The van der Waals surface area contributed by atoms with E-state index in [1.807, 2.05) is 36.5 Å². The molecule has 2 aromatic carbocycles. The molecule has 1 aromatic heterocycles. The quantitative estimate of drug-likeness (QED) is 0.252. The maximum Gasteiger partial charge on any atom is 0.134 e. The summed E-state index contributed by atoms with van der Waals surface area (Å²) >= 11 is 0. The Bertz CT molecular complexity index is 934. The van der Waals surface area contributed by atoms with Gasteiger partial charge in [-0.2, -0.15) is 0 Å². The molecule has 0 fully saturated rings. The largest absolute Gasteiger partial charge is 0.493 e. The van der Waals surface area contributed by atoms with Gasteiger partial charge in [0.05, 0.1) is 12.3 Å². The van der Waals surface area contributed by atoms with Crippen molar-refractivity contribution in [2.75, 3.05) is 6.61 Å². The highest BCUT2D eigenvalue weighted by Crippen LogP contribution is 2.28. The summed E-state index contributed by atoms with van der Waals surface area (Å²) in [5.74, 6) is 0.334. The highest BCUT2D eigenvalue weighted by molar-refractivity contribution is 5.69. The van der Waals surface area contributed by atoms with Gasteiger partial charge in [0.2, 0.25) is 0 Å². The van der Waals surface area contributed by atoms with E-state index in [4.69, 9.17) is 4.74 Å². The number of nitrogens with zero attached hydrogens (tertiary/aromatic N) is 1. The molecular formula is C29H36FNO. The molecule has 0 saturated heterocycles. The van der Waals surface area contributed by atoms with Crippen molar-refractivity contribution in [2.24, 2.45) is 0 Å². The average Bonchev–Trinajstić information content (AvgIpc) is 2.82. The third kappa shape index (κ3) is 7.19. The van der Waals surface area contributed by atoms with Crippen molar-refractivity contribution in [3.8, 4) is 28.1 Å². The first-order valence-electron chi connectivity index (χ1n) is 12.2. The van der Waals surface area contributed by atoms with E-state index in [1.54, 1.807) is 6.07 Å². The monoisotopic (exact) mass is 433 g/mol. The van der Waals surface area contributed by atoms with Crippen LogP contribution in [0.3, 0.4) is 0 Å². The van der Waals surface area contributed by atoms with E-state index < -0.39 is 0 Å². The van der Waals surface area contributed by atoms with E-state index in [0.717, 1.165) is 42.5 Å². The number of hydrogen-bond donors (Lipinski definition) is 0. The van der Waals surface area contributed by atoms with Crippen molar-refractivity contribution in [1.29, 1.82) is 0 Å². The molecule has 0 aliphatic heterocycles. The van der Waals surface area contributed by atoms with Gasteiger partial charge in [-0.3, -0.25) is 4.98 Å². The summed E-state index contributed by atoms with van der Waals surface area (Å²) in [6.45, 7) is 5.03. The second-order valence-corrected chi connectivity index (χ2v) is 8.49. The SMILES string of the molecule is CCCCCCCc1ccc(-c2ccc(-c3ccc(OCCCCC)cc3F)cc2)nc1. The van der Waals surface area contributed by atoms with Gasteiger partial charge in [0.1, 0.15) is 11.6 Å². The van der Waals surface area contributed by atoms with Crippen LogP contribution in [-0.2, 0) is 6.42 Å². The van der Waals surface area contributed by atoms with Gasteiger partial charge in [-0.05, 0) is 48.6 Å². The highest BCUT2D eigenvalue weighted by atomic mass is 19.1. The van der Waals surface area contributed by atoms with Gasteiger partial charge >= 0.3 is 0 Å². The number of pyridine rings is 1. The molecule has 3 rings (SSSR count). The minimum Gasteiger partial charge on any atom is -0.493 e. The summed E-state index contributed by atoms with van der Waals surface area (Å²) in [5.41, 5.74) is 4.72. The third-order valence-electron chi connectivity index (χ3n) is 5.84. The van der Waals surface area contributed by atoms with Gasteiger partial charge < -0.3 is 4.74 Å². The summed E-state index contributed by atoms with van der Waals surface area (Å²) < 4.78 is 20.3. The maximum absolute atomic E-state index is 14.7. The molecule has 2 nitrogen and oxygen atoms in total. The first kappa shape index (κ1) is 24.0. The molecule has 0 aliphatic rings. The van der Waals surface area contributed by atoms with Crippen LogP contribution in [0.1, 0.15) is 70.8 Å². The Balaban J connectivity index is 1.58. The number of halogens is 1. The number of hydrogen-bond acceptors (Lipinski definition) is 2. The highest BCUT2D eigenvalue weighted by Gasteiger charge is 2.08. The zero-order chi connectivity index (χ0) is 22.6. The van der Waals surface area contributed by atoms with Crippen molar-refractivity contribution in [3.63, 3.8) is 0 Å². The van der Waals surface area contributed by atoms with Crippen LogP contribution in [0.4, 0.5) is 4.39 Å². The predicted molar refractivity (Wildman–Crippen MR) is 133 cm³/mol. The number of aryl methyl sites for hydroxylation is 1. The molecule has 0 bridgehead atoms. The molecule has 170 valence electrons. The van der Waals surface area contributed by atoms with Crippen LogP contribution in [0.2, 0.25) is 0 Å². The average molecular weight is 434 g/mol. The molecule has 0 saturated carbocycles. The molecule has 32 heavy (non-hydrogen) atoms. The van der Waals surface area contributed by atoms with Crippen molar-refractivity contribution in [3.05, 3.63) is 72.2 Å². The molecule has 0 aliphatic carbocycles. The molecule has 1 heterocycles. The van der Waals surface area contributed by atoms with E-state index in [9.17, 15) is 4.39 Å². The Morgan fingerprint density at radius 1 is 0.750 bits per heavy atom. The van der Waals surface area contributed by atoms with Crippen LogP contribution in [0, 0.1) is 5.82 Å². The normalized spacial score (nSPS) is 11.0. The summed E-state index contributed by atoms with van der Waals surface area (Å²) in [4.78, 5) is 4.65. The lowest BCUT2D eigenvalue weighted by atomic mass is 10.0. The lowest BCUT2D eigenvalue weighted by molar-refractivity contribution is 0.305. The van der Waals surface area contributed by atoms with Gasteiger partial charge in [-0.1, -0.05) is 82.7 Å². The van der Waals surface area contributed by atoms with E-state index in [0.29, 0.717) is 17.9 Å². The standard InChI is InChI=1S/C29H36FNO/c1-3-5-7-8-9-11-23-12-19-29(31-22-23)25-15-13-24(14-16-25)27-18-17-26(21-28(27)30)32-20-10-6-4-2/h12-19,21-22H,3-11,20H2,1-2H3. The van der Waals surface area contributed by atoms with Gasteiger partial charge in [0.25, 0.3) is 0 Å². The molecule has 0 amide bonds. The zero-order valence-corrected chi connectivity index (χ0v) is 19.6. The van der Waals surface area contributed by atoms with Crippen LogP contribution < -0.4 is 4.74 Å². The molecule has 0 radical (unpaired) electrons. The number of benzene rings is 2. The van der Waals surface area contributed by atoms with Crippen LogP contribution in [0.5, 0.6) is 5.75 Å². The lowest BCUT2D eigenvalue weighted by Gasteiger charge is -2.09. The summed E-state index contributed by atoms with van der Waals surface area (Å²) in [7, 11) is 0. The Labute approximate surface area is 192 Å². The number of unbranched alkanes of at least 4 members (excludes halogenated alkanes) is 6. The van der Waals surface area contributed by atoms with Crippen LogP contribution >= 0.6 is 0 Å². The lowest BCUT2D eigenvalue weighted by Crippen LogP contribution is -1.97. The molecule has 0 spiro atoms. The molecule has 3 aromatic rings. The maximum atomic E-state index is 14.7. The Hall–Kier alpha value is -2.68. The second kappa shape index (κ2) is 13.0. The zero-order valence-electron chi connectivity index (χ0n) is 19.6. The first-order chi connectivity index (χ1) is 15.7. The number of aromatic nitrogens is 1. The fourth-order valence-electron chi connectivity index (χ4n) is 3.86. The molecular weight excluding hydrogens is 397 g/mol. The fourth-order valence-corrected chi connectivity index (χ4v) is 3.86. The van der Waals surface area contributed by atoms with E-state index >= 15 is 0 Å². The minimum absolute atomic E-state index is 0.257. The van der Waals surface area contributed by atoms with Crippen molar-refractivity contribution in [1.82, 2.24) is 4.98 Å². The van der Waals surface area contributed by atoms with Crippen LogP contribution in [0.15, 0.2) is 60.8 Å². The van der Waals surface area contributed by atoms with Gasteiger partial charge in [0.15, 0.2) is 0 Å². The van der Waals surface area contributed by atoms with Crippen LogP contribution in [0.25, 0.3) is 22.4 Å². The number of ether oxygens (including phenoxy) is 1. The summed E-state index contributed by atoms with van der Waals surface area (Å²) in [6.07, 6.45) is 12.8. The Morgan fingerprint density at radius 3 is 2.16 bits per heavy atom. The van der Waals surface area contributed by atoms with Crippen molar-refractivity contribution >= 4 is 0 Å². The smallest absolute Gasteiger partial charge is 0.134 e. The fraction of sp³-hybridized carbons (Fsp3) is 0.414. The Kier molecular flexibility index (Phi) is 9.74. The summed E-state index contributed by atoms with van der Waals surface area (Å²) in [5, 5.41) is 0. The van der Waals surface area contributed by atoms with E-state index in [1.165, 1.54) is 43.7 Å². The topological polar surface area (TPSA) is 22.1 Å². The van der Waals surface area contributed by atoms with Crippen molar-refractivity contribution < 1.29 is 9.13 Å². The Morgan fingerprint density at radius 2 is 1.47 bits per heavy atom. The van der Waals surface area contributed by atoms with E-state index in [-0.39, 0.29) is 5.82 Å². The molecule has 0 atom stereocenters. The number of rotatable bonds is 13. The van der Waals surface area contributed by atoms with Crippen LogP contribution in [-0.4, -0.2) is 11.6 Å². The molecule has 0 N–H and O–H groups in total. The molecule has 0 unspecified atom stereocenters. The molecule has 3 heteroatoms. The minimum atomic E-state index is -0.257. The van der Waals surface area contributed by atoms with Gasteiger partial charge in [0, 0.05) is 23.4 Å². The third-order valence-corrected chi connectivity index (χ3v) is 5.84. The second-order valence-electron chi connectivity index (χ2n) is 8.49. The predicted octanol–water partition coefficient (Wildman–Crippen LogP) is 8.64. The van der Waals surface area contributed by atoms with Gasteiger partial charge in [-0.25, -0.2) is 4.39 Å². The van der Waals surface area contributed by atoms with E-state index in [2.05, 4.69) is 31.0 Å². The van der Waals surface area contributed by atoms with Crippen molar-refractivity contribution in [2.45, 2.75) is 71.6 Å². The summed E-state index contributed by atoms with van der Waals surface area (Å²) in [6, 6.07) is 17.3. The first-order valence-corrected chi connectivity index (χ1v) is 12.2. The van der Waals surface area contributed by atoms with Gasteiger partial charge in [-0.15, -0.1) is 0 Å².